The first-order chi connectivity index (χ1) is 20.8. The maximum atomic E-state index is 14.2. The molecular formula is C30H33ClFN5O6S. The number of piperidine rings is 1. The van der Waals surface area contributed by atoms with Gasteiger partial charge in [-0.1, -0.05) is 23.7 Å². The van der Waals surface area contributed by atoms with Crippen molar-refractivity contribution in [3.05, 3.63) is 79.8 Å². The lowest BCUT2D eigenvalue weighted by molar-refractivity contribution is -0.133. The number of benzene rings is 2. The number of halogens is 2. The summed E-state index contributed by atoms with van der Waals surface area (Å²) in [5.41, 5.74) is 0.148. The SMILES string of the molecule is CC(C)n1c(=O)c(-c2cccc(F)c2Cl)cn(CC(=O)N2CCC(N3CCc4cc(S(C)(=O)=O)ccc4NC3=O)CC2)c1=O. The van der Waals surface area contributed by atoms with Gasteiger partial charge in [0.1, 0.15) is 12.4 Å². The molecule has 1 aromatic heterocycles. The zero-order chi connectivity index (χ0) is 31.9. The van der Waals surface area contributed by atoms with E-state index in [-0.39, 0.29) is 45.6 Å². The number of hydrogen-bond donors (Lipinski definition) is 1. The van der Waals surface area contributed by atoms with Crippen molar-refractivity contribution in [3.63, 3.8) is 0 Å². The minimum atomic E-state index is -3.39. The van der Waals surface area contributed by atoms with Crippen molar-refractivity contribution in [2.45, 2.75) is 56.6 Å². The number of aromatic nitrogens is 2. The lowest BCUT2D eigenvalue weighted by Crippen LogP contribution is -2.51. The number of fused-ring (bicyclic) bond motifs is 1. The molecule has 2 aromatic carbocycles. The molecule has 234 valence electrons. The predicted octanol–water partition coefficient (Wildman–Crippen LogP) is 3.54. The monoisotopic (exact) mass is 645 g/mol. The summed E-state index contributed by atoms with van der Waals surface area (Å²) in [5.74, 6) is -1.05. The Balaban J connectivity index is 1.30. The van der Waals surface area contributed by atoms with Crippen LogP contribution in [0.1, 0.15) is 38.3 Å². The molecule has 1 saturated heterocycles. The molecule has 3 aromatic rings. The van der Waals surface area contributed by atoms with Crippen molar-refractivity contribution >= 4 is 39.1 Å². The van der Waals surface area contributed by atoms with E-state index in [9.17, 15) is 32.0 Å². The summed E-state index contributed by atoms with van der Waals surface area (Å²) in [6, 6.07) is 7.78. The molecule has 0 radical (unpaired) electrons. The number of anilines is 1. The summed E-state index contributed by atoms with van der Waals surface area (Å²) in [6.45, 7) is 4.08. The standard InChI is InChI=1S/C30H33ClFN5O6S/c1-18(2)37-28(39)23(22-5-4-6-24(32)27(22)31)16-35(30(37)41)17-26(38)34-12-10-20(11-13-34)36-14-9-19-15-21(44(3,42)43)7-8-25(19)33-29(36)40/h4-8,15-16,18,20H,9-14,17H2,1-3H3,(H,33,40). The van der Waals surface area contributed by atoms with E-state index in [4.69, 9.17) is 11.6 Å². The summed E-state index contributed by atoms with van der Waals surface area (Å²) in [5, 5.41) is 2.62. The average molecular weight is 646 g/mol. The van der Waals surface area contributed by atoms with Crippen molar-refractivity contribution < 1.29 is 22.4 Å². The van der Waals surface area contributed by atoms with E-state index in [1.807, 2.05) is 0 Å². The van der Waals surface area contributed by atoms with E-state index < -0.39 is 32.9 Å². The first-order valence-corrected chi connectivity index (χ1v) is 16.5. The van der Waals surface area contributed by atoms with Crippen molar-refractivity contribution in [3.8, 4) is 11.1 Å². The van der Waals surface area contributed by atoms with Gasteiger partial charge in [0.25, 0.3) is 5.56 Å². The highest BCUT2D eigenvalue weighted by Gasteiger charge is 2.32. The third kappa shape index (κ3) is 6.16. The number of urea groups is 1. The minimum absolute atomic E-state index is 0.00568. The maximum absolute atomic E-state index is 14.2. The zero-order valence-corrected chi connectivity index (χ0v) is 26.1. The molecule has 0 bridgehead atoms. The van der Waals surface area contributed by atoms with E-state index >= 15 is 0 Å². The predicted molar refractivity (Wildman–Crippen MR) is 164 cm³/mol. The maximum Gasteiger partial charge on any atom is 0.331 e. The highest BCUT2D eigenvalue weighted by atomic mass is 35.5. The normalized spacial score (nSPS) is 16.1. The smallest absolute Gasteiger partial charge is 0.331 e. The quantitative estimate of drug-likeness (QED) is 0.437. The molecule has 2 aliphatic rings. The number of carbonyl (C=O) groups is 2. The molecule has 5 rings (SSSR count). The summed E-state index contributed by atoms with van der Waals surface area (Å²) < 4.78 is 40.3. The van der Waals surface area contributed by atoms with Crippen LogP contribution < -0.4 is 16.6 Å². The van der Waals surface area contributed by atoms with Crippen molar-refractivity contribution in [2.75, 3.05) is 31.2 Å². The van der Waals surface area contributed by atoms with E-state index in [1.54, 1.807) is 35.8 Å². The second-order valence-corrected chi connectivity index (χ2v) is 13.8. The molecule has 1 N–H and O–H groups in total. The van der Waals surface area contributed by atoms with Crippen LogP contribution in [0, 0.1) is 5.82 Å². The topological polar surface area (TPSA) is 131 Å². The lowest BCUT2D eigenvalue weighted by atomic mass is 10.0. The Morgan fingerprint density at radius 1 is 1.07 bits per heavy atom. The van der Waals surface area contributed by atoms with Crippen LogP contribution in [-0.4, -0.2) is 71.2 Å². The van der Waals surface area contributed by atoms with E-state index in [2.05, 4.69) is 5.32 Å². The van der Waals surface area contributed by atoms with Gasteiger partial charge in [0.15, 0.2) is 9.84 Å². The molecule has 2 aliphatic heterocycles. The summed E-state index contributed by atoms with van der Waals surface area (Å²) >= 11 is 6.16. The van der Waals surface area contributed by atoms with Gasteiger partial charge in [-0.2, -0.15) is 0 Å². The largest absolute Gasteiger partial charge is 0.341 e. The van der Waals surface area contributed by atoms with Crippen LogP contribution in [0.4, 0.5) is 14.9 Å². The molecule has 11 nitrogen and oxygen atoms in total. The highest BCUT2D eigenvalue weighted by Crippen LogP contribution is 2.29. The highest BCUT2D eigenvalue weighted by molar-refractivity contribution is 7.90. The summed E-state index contributed by atoms with van der Waals surface area (Å²) in [6.07, 6.45) is 3.89. The van der Waals surface area contributed by atoms with Crippen LogP contribution in [0.2, 0.25) is 5.02 Å². The molecule has 0 spiro atoms. The first-order valence-electron chi connectivity index (χ1n) is 14.2. The molecule has 0 saturated carbocycles. The van der Waals surface area contributed by atoms with Gasteiger partial charge in [0.2, 0.25) is 5.91 Å². The van der Waals surface area contributed by atoms with Gasteiger partial charge in [-0.15, -0.1) is 0 Å². The number of likely N-dealkylation sites (tertiary alicyclic amines) is 1. The van der Waals surface area contributed by atoms with Crippen LogP contribution in [0.5, 0.6) is 0 Å². The second kappa shape index (κ2) is 12.2. The van der Waals surface area contributed by atoms with E-state index in [0.29, 0.717) is 44.6 Å². The lowest BCUT2D eigenvalue weighted by Gasteiger charge is -2.38. The van der Waals surface area contributed by atoms with Crippen LogP contribution in [-0.2, 0) is 27.6 Å². The zero-order valence-electron chi connectivity index (χ0n) is 24.5. The molecule has 0 aliphatic carbocycles. The Kier molecular flexibility index (Phi) is 8.72. The Morgan fingerprint density at radius 2 is 1.77 bits per heavy atom. The molecule has 44 heavy (non-hydrogen) atoms. The van der Waals surface area contributed by atoms with Gasteiger partial charge in [-0.25, -0.2) is 22.4 Å². The summed E-state index contributed by atoms with van der Waals surface area (Å²) in [4.78, 5) is 56.4. The first kappa shape index (κ1) is 31.5. The molecule has 3 heterocycles. The third-order valence-electron chi connectivity index (χ3n) is 8.14. The fraction of sp³-hybridized carbons (Fsp3) is 0.400. The Hall–Kier alpha value is -3.97. The number of nitrogens with zero attached hydrogens (tertiary/aromatic N) is 4. The van der Waals surface area contributed by atoms with Gasteiger partial charge in [0, 0.05) is 55.4 Å². The van der Waals surface area contributed by atoms with Crippen LogP contribution >= 0.6 is 11.6 Å². The summed E-state index contributed by atoms with van der Waals surface area (Å²) in [7, 11) is -3.39. The average Bonchev–Trinajstić information content (AvgIpc) is 3.13. The Labute approximate surface area is 258 Å². The van der Waals surface area contributed by atoms with Gasteiger partial charge in [0.05, 0.1) is 15.5 Å². The number of rotatable bonds is 6. The van der Waals surface area contributed by atoms with Gasteiger partial charge < -0.3 is 15.1 Å². The van der Waals surface area contributed by atoms with Gasteiger partial charge >= 0.3 is 11.7 Å². The molecule has 14 heteroatoms. The number of carbonyl (C=O) groups excluding carboxylic acids is 2. The van der Waals surface area contributed by atoms with Crippen LogP contribution in [0.3, 0.4) is 0 Å². The fourth-order valence-electron chi connectivity index (χ4n) is 5.77. The van der Waals surface area contributed by atoms with Crippen molar-refractivity contribution in [1.82, 2.24) is 18.9 Å². The minimum Gasteiger partial charge on any atom is -0.341 e. The fourth-order valence-corrected chi connectivity index (χ4v) is 6.67. The second-order valence-electron chi connectivity index (χ2n) is 11.4. The molecule has 0 unspecified atom stereocenters. The molecule has 3 amide bonds. The molecule has 1 fully saturated rings. The number of nitrogens with one attached hydrogen (secondary N) is 1. The number of sulfone groups is 1. The van der Waals surface area contributed by atoms with Crippen molar-refractivity contribution in [2.24, 2.45) is 0 Å². The number of amides is 3. The van der Waals surface area contributed by atoms with Crippen LogP contribution in [0.15, 0.2) is 57.1 Å². The van der Waals surface area contributed by atoms with E-state index in [0.717, 1.165) is 21.0 Å². The number of hydrogen-bond acceptors (Lipinski definition) is 6. The van der Waals surface area contributed by atoms with Crippen LogP contribution in [0.25, 0.3) is 11.1 Å². The third-order valence-corrected chi connectivity index (χ3v) is 9.63. The van der Waals surface area contributed by atoms with E-state index in [1.165, 1.54) is 30.5 Å². The molecule has 0 atom stereocenters. The molecular weight excluding hydrogens is 613 g/mol. The van der Waals surface area contributed by atoms with Gasteiger partial charge in [-0.05, 0) is 62.9 Å². The Morgan fingerprint density at radius 3 is 2.43 bits per heavy atom. The van der Waals surface area contributed by atoms with Gasteiger partial charge in [-0.3, -0.25) is 18.7 Å². The van der Waals surface area contributed by atoms with Crippen molar-refractivity contribution in [1.29, 1.82) is 0 Å². The Bertz CT molecular complexity index is 1860.